The van der Waals surface area contributed by atoms with Crippen molar-refractivity contribution >= 4 is 29.1 Å². The largest absolute Gasteiger partial charge is 0.481 e. The zero-order valence-electron chi connectivity index (χ0n) is 16.8. The Morgan fingerprint density at radius 3 is 2.62 bits per heavy atom. The highest BCUT2D eigenvalue weighted by atomic mass is 16.4. The number of hydrogen-bond acceptors (Lipinski definition) is 4. The van der Waals surface area contributed by atoms with Crippen molar-refractivity contribution in [2.24, 2.45) is 5.92 Å². The Kier molecular flexibility index (Phi) is 5.59. The number of imidazole rings is 1. The maximum absolute atomic E-state index is 12.6. The molecule has 0 unspecified atom stereocenters. The Morgan fingerprint density at radius 2 is 2.03 bits per heavy atom. The molecule has 0 bridgehead atoms. The van der Waals surface area contributed by atoms with Crippen molar-refractivity contribution in [2.45, 2.75) is 39.0 Å². The van der Waals surface area contributed by atoms with Gasteiger partial charge in [-0.3, -0.25) is 14.6 Å². The molecule has 1 aliphatic rings. The van der Waals surface area contributed by atoms with Crippen LogP contribution in [0.2, 0.25) is 0 Å². The normalized spacial score (nSPS) is 15.0. The topological polar surface area (TPSA) is 103 Å². The van der Waals surface area contributed by atoms with Gasteiger partial charge in [-0.1, -0.05) is 19.6 Å². The van der Waals surface area contributed by atoms with Crippen LogP contribution in [0, 0.1) is 12.5 Å². The average Bonchev–Trinajstić information content (AvgIpc) is 3.18. The summed E-state index contributed by atoms with van der Waals surface area (Å²) in [6, 6.07) is 5.32. The lowest BCUT2D eigenvalue weighted by atomic mass is 9.84. The van der Waals surface area contributed by atoms with E-state index in [2.05, 4.69) is 32.0 Å². The van der Waals surface area contributed by atoms with E-state index in [1.807, 2.05) is 6.07 Å². The van der Waals surface area contributed by atoms with Crippen molar-refractivity contribution in [3.63, 3.8) is 0 Å². The molecule has 152 valence electrons. The van der Waals surface area contributed by atoms with Crippen molar-refractivity contribution in [2.75, 3.05) is 23.3 Å². The fourth-order valence-electron chi connectivity index (χ4n) is 3.33. The number of carboxylic acids is 1. The minimum absolute atomic E-state index is 0.0594. The highest BCUT2D eigenvalue weighted by Crippen LogP contribution is 2.35. The number of carbonyl (C=O) groups excluding carboxylic acids is 1. The van der Waals surface area contributed by atoms with Gasteiger partial charge in [0.05, 0.1) is 23.0 Å². The summed E-state index contributed by atoms with van der Waals surface area (Å²) in [6.07, 6.45) is 3.38. The Morgan fingerprint density at radius 1 is 1.34 bits per heavy atom. The predicted molar refractivity (Wildman–Crippen MR) is 111 cm³/mol. The highest BCUT2D eigenvalue weighted by Gasteiger charge is 2.31. The van der Waals surface area contributed by atoms with Gasteiger partial charge in [0.2, 0.25) is 5.82 Å². The van der Waals surface area contributed by atoms with Gasteiger partial charge >= 0.3 is 11.9 Å². The van der Waals surface area contributed by atoms with Gasteiger partial charge in [0, 0.05) is 13.1 Å². The molecular weight excluding hydrogens is 370 g/mol. The number of aromatic nitrogens is 2. The average molecular weight is 395 g/mol. The second kappa shape index (κ2) is 7.95. The molecule has 8 heteroatoms. The number of aromatic amines is 1. The maximum Gasteiger partial charge on any atom is 0.314 e. The fourth-order valence-corrected chi connectivity index (χ4v) is 3.33. The van der Waals surface area contributed by atoms with E-state index < -0.39 is 17.3 Å². The molecule has 1 amide bonds. The number of nitrogens with zero attached hydrogens (tertiary/aromatic N) is 3. The third kappa shape index (κ3) is 4.24. The molecule has 1 aliphatic heterocycles. The third-order valence-electron chi connectivity index (χ3n) is 5.52. The zero-order valence-corrected chi connectivity index (χ0v) is 16.8. The monoisotopic (exact) mass is 395 g/mol. The maximum atomic E-state index is 12.6. The molecule has 0 spiro atoms. The minimum Gasteiger partial charge on any atom is -0.481 e. The summed E-state index contributed by atoms with van der Waals surface area (Å²) in [6.45, 7) is 14.2. The molecule has 2 heterocycles. The van der Waals surface area contributed by atoms with E-state index in [-0.39, 0.29) is 11.6 Å². The van der Waals surface area contributed by atoms with Gasteiger partial charge in [0.1, 0.15) is 0 Å². The van der Waals surface area contributed by atoms with Crippen LogP contribution < -0.4 is 10.2 Å². The Hall–Kier alpha value is -3.34. The fraction of sp³-hybridized carbons (Fsp3) is 0.429. The molecule has 0 aliphatic carbocycles. The van der Waals surface area contributed by atoms with Crippen molar-refractivity contribution in [1.29, 1.82) is 0 Å². The van der Waals surface area contributed by atoms with Crippen LogP contribution >= 0.6 is 0 Å². The van der Waals surface area contributed by atoms with Crippen molar-refractivity contribution < 1.29 is 14.7 Å². The molecule has 1 aromatic heterocycles. The van der Waals surface area contributed by atoms with Crippen LogP contribution in [0.1, 0.15) is 49.8 Å². The van der Waals surface area contributed by atoms with Crippen LogP contribution in [0.4, 0.5) is 17.2 Å². The standard InChI is InChI=1S/C21H25N5O3/c1-13-7-9-26(10-8-13)16-11-14(21(2,3)20(28)29)5-6-15(16)24-19(27)18-23-12-17(22-4)25-18/h5-6,11-13H,7-10H2,1-3H3,(H,23,25)(H,24,27)(H,28,29). The van der Waals surface area contributed by atoms with E-state index in [9.17, 15) is 14.7 Å². The first-order valence-electron chi connectivity index (χ1n) is 9.59. The van der Waals surface area contributed by atoms with E-state index in [4.69, 9.17) is 6.57 Å². The summed E-state index contributed by atoms with van der Waals surface area (Å²) in [5.74, 6) is -0.465. The SMILES string of the molecule is [C-]#[N+]c1cnc(C(=O)Nc2ccc(C(C)(C)C(=O)O)cc2N2CCC(C)CC2)[nH]1. The number of nitrogens with one attached hydrogen (secondary N) is 2. The quantitative estimate of drug-likeness (QED) is 0.668. The van der Waals surface area contributed by atoms with Gasteiger partial charge in [-0.15, -0.1) is 0 Å². The number of piperidine rings is 1. The lowest BCUT2D eigenvalue weighted by Crippen LogP contribution is -2.34. The van der Waals surface area contributed by atoms with E-state index in [0.29, 0.717) is 17.2 Å². The van der Waals surface area contributed by atoms with Gasteiger partial charge in [-0.25, -0.2) is 4.98 Å². The zero-order chi connectivity index (χ0) is 21.2. The lowest BCUT2D eigenvalue weighted by Gasteiger charge is -2.34. The summed E-state index contributed by atoms with van der Waals surface area (Å²) in [4.78, 5) is 36.3. The number of anilines is 2. The van der Waals surface area contributed by atoms with Crippen LogP contribution in [0.15, 0.2) is 24.4 Å². The molecule has 0 radical (unpaired) electrons. The Labute approximate surface area is 169 Å². The molecule has 8 nitrogen and oxygen atoms in total. The first kappa shape index (κ1) is 20.4. The van der Waals surface area contributed by atoms with Crippen molar-refractivity contribution in [1.82, 2.24) is 9.97 Å². The number of aliphatic carboxylic acids is 1. The smallest absolute Gasteiger partial charge is 0.314 e. The number of amides is 1. The predicted octanol–water partition coefficient (Wildman–Crippen LogP) is 3.81. The van der Waals surface area contributed by atoms with E-state index in [1.165, 1.54) is 6.20 Å². The number of carbonyl (C=O) groups is 2. The summed E-state index contributed by atoms with van der Waals surface area (Å²) in [5.41, 5.74) is 1.01. The Balaban J connectivity index is 1.95. The molecule has 3 rings (SSSR count). The molecule has 1 saturated heterocycles. The first-order chi connectivity index (χ1) is 13.7. The summed E-state index contributed by atoms with van der Waals surface area (Å²) >= 11 is 0. The molecule has 29 heavy (non-hydrogen) atoms. The van der Waals surface area contributed by atoms with Crippen LogP contribution in [0.3, 0.4) is 0 Å². The van der Waals surface area contributed by atoms with Crippen LogP contribution in [0.25, 0.3) is 4.85 Å². The summed E-state index contributed by atoms with van der Waals surface area (Å²) in [5, 5.41) is 12.5. The Bertz CT molecular complexity index is 965. The molecule has 1 aromatic carbocycles. The third-order valence-corrected chi connectivity index (χ3v) is 5.52. The molecule has 2 aromatic rings. The van der Waals surface area contributed by atoms with Crippen LogP contribution in [-0.2, 0) is 10.2 Å². The molecule has 0 atom stereocenters. The summed E-state index contributed by atoms with van der Waals surface area (Å²) < 4.78 is 0. The van der Waals surface area contributed by atoms with Crippen molar-refractivity contribution in [3.8, 4) is 0 Å². The van der Waals surface area contributed by atoms with Gasteiger partial charge in [-0.05, 0) is 50.3 Å². The van der Waals surface area contributed by atoms with E-state index >= 15 is 0 Å². The van der Waals surface area contributed by atoms with Crippen molar-refractivity contribution in [3.05, 3.63) is 47.2 Å². The van der Waals surface area contributed by atoms with Crippen LogP contribution in [-0.4, -0.2) is 40.0 Å². The van der Waals surface area contributed by atoms with Gasteiger partial charge in [0.25, 0.3) is 5.82 Å². The number of hydrogen-bond donors (Lipinski definition) is 3. The number of rotatable bonds is 5. The second-order valence-corrected chi connectivity index (χ2v) is 8.01. The van der Waals surface area contributed by atoms with Gasteiger partial charge < -0.3 is 20.2 Å². The molecule has 1 fully saturated rings. The summed E-state index contributed by atoms with van der Waals surface area (Å²) in [7, 11) is 0. The first-order valence-corrected chi connectivity index (χ1v) is 9.59. The van der Waals surface area contributed by atoms with E-state index in [0.717, 1.165) is 31.6 Å². The van der Waals surface area contributed by atoms with Gasteiger partial charge in [-0.2, -0.15) is 0 Å². The van der Waals surface area contributed by atoms with E-state index in [1.54, 1.807) is 26.0 Å². The highest BCUT2D eigenvalue weighted by molar-refractivity contribution is 6.04. The van der Waals surface area contributed by atoms with Gasteiger partial charge in [0.15, 0.2) is 0 Å². The minimum atomic E-state index is -1.05. The number of H-pyrrole nitrogens is 1. The number of benzene rings is 1. The van der Waals surface area contributed by atoms with Crippen LogP contribution in [0.5, 0.6) is 0 Å². The molecular formula is C21H25N5O3. The lowest BCUT2D eigenvalue weighted by molar-refractivity contribution is -0.142. The number of carboxylic acid groups (broad SMARTS) is 1. The molecule has 0 saturated carbocycles. The second-order valence-electron chi connectivity index (χ2n) is 8.01. The molecule has 3 N–H and O–H groups in total.